The Bertz CT molecular complexity index is 689. The highest BCUT2D eigenvalue weighted by Gasteiger charge is 2.22. The lowest BCUT2D eigenvalue weighted by atomic mass is 10.2. The van der Waals surface area contributed by atoms with Crippen LogP contribution in [0.4, 0.5) is 5.13 Å². The van der Waals surface area contributed by atoms with Gasteiger partial charge in [-0.3, -0.25) is 9.59 Å². The number of primary amides is 1. The highest BCUT2D eigenvalue weighted by Crippen LogP contribution is 2.25. The second-order valence-corrected chi connectivity index (χ2v) is 5.63. The number of aromatic amines is 1. The third-order valence-corrected chi connectivity index (χ3v) is 3.97. The lowest BCUT2D eigenvalue weighted by molar-refractivity contribution is -0.120. The number of H-pyrrole nitrogens is 1. The van der Waals surface area contributed by atoms with Crippen LogP contribution in [0.3, 0.4) is 0 Å². The van der Waals surface area contributed by atoms with E-state index < -0.39 is 5.91 Å². The van der Waals surface area contributed by atoms with Crippen molar-refractivity contribution in [2.45, 2.75) is 6.04 Å². The Morgan fingerprint density at radius 1 is 1.50 bits per heavy atom. The molecule has 5 N–H and O–H groups in total. The van der Waals surface area contributed by atoms with Crippen LogP contribution in [-0.2, 0) is 9.53 Å². The minimum absolute atomic E-state index is 0.174. The molecule has 1 aliphatic heterocycles. The van der Waals surface area contributed by atoms with E-state index in [1.54, 1.807) is 17.6 Å². The number of nitrogens with one attached hydrogen (secondary N) is 3. The molecule has 116 valence electrons. The molecule has 0 aromatic carbocycles. The predicted octanol–water partition coefficient (Wildman–Crippen LogP) is 0.164. The van der Waals surface area contributed by atoms with Crippen LogP contribution in [0, 0.1) is 0 Å². The summed E-state index contributed by atoms with van der Waals surface area (Å²) in [6, 6.07) is 1.26. The summed E-state index contributed by atoms with van der Waals surface area (Å²) in [5.74, 6) is -0.703. The first-order valence-corrected chi connectivity index (χ1v) is 7.57. The number of anilines is 1. The molecule has 1 aliphatic rings. The molecule has 1 fully saturated rings. The van der Waals surface area contributed by atoms with Crippen LogP contribution in [0.15, 0.2) is 17.6 Å². The predicted molar refractivity (Wildman–Crippen MR) is 81.7 cm³/mol. The van der Waals surface area contributed by atoms with Gasteiger partial charge in [-0.05, 0) is 6.07 Å². The van der Waals surface area contributed by atoms with Crippen molar-refractivity contribution in [1.82, 2.24) is 15.3 Å². The van der Waals surface area contributed by atoms with Gasteiger partial charge in [0.1, 0.15) is 11.7 Å². The summed E-state index contributed by atoms with van der Waals surface area (Å²) in [7, 11) is 0. The maximum Gasteiger partial charge on any atom is 0.265 e. The molecule has 8 nitrogen and oxygen atoms in total. The van der Waals surface area contributed by atoms with E-state index in [2.05, 4.69) is 20.6 Å². The van der Waals surface area contributed by atoms with E-state index in [4.69, 9.17) is 10.5 Å². The second-order valence-electron chi connectivity index (χ2n) is 4.78. The Morgan fingerprint density at radius 2 is 2.36 bits per heavy atom. The fourth-order valence-corrected chi connectivity index (χ4v) is 2.80. The van der Waals surface area contributed by atoms with Crippen LogP contribution in [0.1, 0.15) is 10.5 Å². The van der Waals surface area contributed by atoms with Crippen LogP contribution in [0.25, 0.3) is 11.3 Å². The molecule has 2 aromatic heterocycles. The number of rotatable bonds is 4. The number of ether oxygens (including phenoxy) is 1. The summed E-state index contributed by atoms with van der Waals surface area (Å²) in [5, 5.41) is 8.13. The number of amides is 2. The summed E-state index contributed by atoms with van der Waals surface area (Å²) < 4.78 is 5.25. The van der Waals surface area contributed by atoms with Crippen LogP contribution in [-0.4, -0.2) is 47.6 Å². The molecular formula is C13H15N5O3S. The highest BCUT2D eigenvalue weighted by molar-refractivity contribution is 7.14. The Morgan fingerprint density at radius 3 is 3.05 bits per heavy atom. The van der Waals surface area contributed by atoms with Crippen LogP contribution in [0.5, 0.6) is 0 Å². The molecular weight excluding hydrogens is 306 g/mol. The van der Waals surface area contributed by atoms with Gasteiger partial charge in [-0.2, -0.15) is 0 Å². The van der Waals surface area contributed by atoms with Crippen LogP contribution in [0.2, 0.25) is 0 Å². The zero-order chi connectivity index (χ0) is 15.5. The third-order valence-electron chi connectivity index (χ3n) is 3.22. The van der Waals surface area contributed by atoms with Gasteiger partial charge in [-0.15, -0.1) is 11.3 Å². The number of aromatic nitrogens is 2. The summed E-state index contributed by atoms with van der Waals surface area (Å²) >= 11 is 1.31. The molecule has 9 heteroatoms. The quantitative estimate of drug-likeness (QED) is 0.639. The SMILES string of the molecule is NC(=O)c1cc(-c2csc(NC(=O)C3COCCN3)n2)c[nH]1. The monoisotopic (exact) mass is 321 g/mol. The van der Waals surface area contributed by atoms with E-state index in [0.717, 1.165) is 5.56 Å². The van der Waals surface area contributed by atoms with Gasteiger partial charge in [0, 0.05) is 23.7 Å². The first kappa shape index (κ1) is 14.7. The fraction of sp³-hybridized carbons (Fsp3) is 0.308. The van der Waals surface area contributed by atoms with Crippen molar-refractivity contribution in [3.05, 3.63) is 23.3 Å². The maximum atomic E-state index is 12.1. The van der Waals surface area contributed by atoms with Crippen molar-refractivity contribution in [1.29, 1.82) is 0 Å². The summed E-state index contributed by atoms with van der Waals surface area (Å²) in [6.45, 7) is 1.62. The molecule has 22 heavy (non-hydrogen) atoms. The number of hydrogen-bond donors (Lipinski definition) is 4. The number of thiazole rings is 1. The van der Waals surface area contributed by atoms with E-state index >= 15 is 0 Å². The summed E-state index contributed by atoms with van der Waals surface area (Å²) in [6.07, 6.45) is 1.65. The Balaban J connectivity index is 1.67. The third kappa shape index (κ3) is 3.16. The summed E-state index contributed by atoms with van der Waals surface area (Å²) in [5.41, 5.74) is 6.92. The molecule has 0 aliphatic carbocycles. The number of morpholine rings is 1. The molecule has 0 spiro atoms. The van der Waals surface area contributed by atoms with E-state index in [1.807, 2.05) is 0 Å². The molecule has 3 heterocycles. The van der Waals surface area contributed by atoms with Gasteiger partial charge in [0.2, 0.25) is 5.91 Å². The van der Waals surface area contributed by atoms with Gasteiger partial charge < -0.3 is 26.1 Å². The molecule has 0 saturated carbocycles. The fourth-order valence-electron chi connectivity index (χ4n) is 2.07. The topological polar surface area (TPSA) is 122 Å². The number of carbonyl (C=O) groups excluding carboxylic acids is 2. The van der Waals surface area contributed by atoms with Crippen molar-refractivity contribution in [3.8, 4) is 11.3 Å². The van der Waals surface area contributed by atoms with Crippen molar-refractivity contribution >= 4 is 28.3 Å². The van der Waals surface area contributed by atoms with Gasteiger partial charge in [-0.1, -0.05) is 0 Å². The van der Waals surface area contributed by atoms with Gasteiger partial charge in [0.05, 0.1) is 18.9 Å². The number of hydrogen-bond acceptors (Lipinski definition) is 6. The number of nitrogens with two attached hydrogens (primary N) is 1. The Labute approximate surface area is 130 Å². The molecule has 1 saturated heterocycles. The molecule has 0 radical (unpaired) electrons. The van der Waals surface area contributed by atoms with Crippen LogP contribution >= 0.6 is 11.3 Å². The standard InChI is InChI=1S/C13H15N5O3S/c14-11(19)8-3-7(4-16-8)10-6-22-13(17-10)18-12(20)9-5-21-2-1-15-9/h3-4,6,9,15-16H,1-2,5H2,(H2,14,19)(H,17,18,20). The minimum Gasteiger partial charge on any atom is -0.378 e. The number of carbonyl (C=O) groups is 2. The van der Waals surface area contributed by atoms with Gasteiger partial charge in [0.25, 0.3) is 5.91 Å². The van der Waals surface area contributed by atoms with E-state index in [0.29, 0.717) is 36.3 Å². The van der Waals surface area contributed by atoms with Crippen molar-refractivity contribution in [2.75, 3.05) is 25.1 Å². The smallest absolute Gasteiger partial charge is 0.265 e. The van der Waals surface area contributed by atoms with Gasteiger partial charge in [-0.25, -0.2) is 4.98 Å². The maximum absolute atomic E-state index is 12.1. The van der Waals surface area contributed by atoms with Crippen molar-refractivity contribution < 1.29 is 14.3 Å². The largest absolute Gasteiger partial charge is 0.378 e. The molecule has 2 amide bonds. The summed E-state index contributed by atoms with van der Waals surface area (Å²) in [4.78, 5) is 30.2. The van der Waals surface area contributed by atoms with Gasteiger partial charge >= 0.3 is 0 Å². The number of nitrogens with zero attached hydrogens (tertiary/aromatic N) is 1. The average Bonchev–Trinajstić information content (AvgIpc) is 3.16. The van der Waals surface area contributed by atoms with E-state index in [1.165, 1.54) is 11.3 Å². The zero-order valence-electron chi connectivity index (χ0n) is 11.6. The second kappa shape index (κ2) is 6.26. The molecule has 3 rings (SSSR count). The Hall–Kier alpha value is -2.23. The first-order valence-electron chi connectivity index (χ1n) is 6.69. The minimum atomic E-state index is -0.529. The molecule has 2 aromatic rings. The molecule has 1 atom stereocenters. The lowest BCUT2D eigenvalue weighted by Crippen LogP contribution is -2.48. The van der Waals surface area contributed by atoms with Gasteiger partial charge in [0.15, 0.2) is 5.13 Å². The van der Waals surface area contributed by atoms with Crippen molar-refractivity contribution in [3.63, 3.8) is 0 Å². The lowest BCUT2D eigenvalue weighted by Gasteiger charge is -2.22. The molecule has 0 bridgehead atoms. The molecule has 1 unspecified atom stereocenters. The van der Waals surface area contributed by atoms with E-state index in [9.17, 15) is 9.59 Å². The first-order chi connectivity index (χ1) is 10.6. The van der Waals surface area contributed by atoms with Crippen molar-refractivity contribution in [2.24, 2.45) is 5.73 Å². The average molecular weight is 321 g/mol. The normalized spacial score (nSPS) is 18.1. The Kier molecular flexibility index (Phi) is 4.18. The van der Waals surface area contributed by atoms with Crippen LogP contribution < -0.4 is 16.4 Å². The highest BCUT2D eigenvalue weighted by atomic mass is 32.1. The zero-order valence-corrected chi connectivity index (χ0v) is 12.4. The van der Waals surface area contributed by atoms with E-state index in [-0.39, 0.29) is 11.9 Å².